The Morgan fingerprint density at radius 1 is 1.31 bits per heavy atom. The van der Waals surface area contributed by atoms with Gasteiger partial charge in [-0.3, -0.25) is 14.9 Å². The molecular formula is C11H12N4O. The summed E-state index contributed by atoms with van der Waals surface area (Å²) in [5.41, 5.74) is 4.11. The Labute approximate surface area is 92.8 Å². The fourth-order valence-corrected chi connectivity index (χ4v) is 1.42. The molecule has 0 bridgehead atoms. The monoisotopic (exact) mass is 216 g/mol. The molecule has 1 aromatic heterocycles. The highest BCUT2D eigenvalue weighted by molar-refractivity contribution is 5.75. The number of nitrogens with zero attached hydrogens (tertiary/aromatic N) is 2. The number of hydrazine groups is 1. The Bertz CT molecular complexity index is 478. The molecule has 0 aliphatic heterocycles. The van der Waals surface area contributed by atoms with E-state index in [2.05, 4.69) is 10.5 Å². The fraction of sp³-hybridized carbons (Fsp3) is 0.0909. The van der Waals surface area contributed by atoms with Crippen LogP contribution in [0.15, 0.2) is 42.7 Å². The fourth-order valence-electron chi connectivity index (χ4n) is 1.42. The van der Waals surface area contributed by atoms with Gasteiger partial charge in [-0.25, -0.2) is 5.84 Å². The summed E-state index contributed by atoms with van der Waals surface area (Å²) >= 11 is 0. The van der Waals surface area contributed by atoms with Gasteiger partial charge < -0.3 is 0 Å². The van der Waals surface area contributed by atoms with Gasteiger partial charge in [0.25, 0.3) is 5.91 Å². The van der Waals surface area contributed by atoms with Crippen molar-refractivity contribution >= 4 is 5.91 Å². The van der Waals surface area contributed by atoms with Crippen LogP contribution in [-0.4, -0.2) is 15.7 Å². The number of aromatic nitrogens is 2. The van der Waals surface area contributed by atoms with Crippen molar-refractivity contribution in [3.05, 3.63) is 42.7 Å². The Morgan fingerprint density at radius 3 is 2.75 bits per heavy atom. The normalized spacial score (nSPS) is 10.1. The molecule has 0 aliphatic carbocycles. The second-order valence-electron chi connectivity index (χ2n) is 3.36. The second-order valence-corrected chi connectivity index (χ2v) is 3.36. The number of carbonyl (C=O) groups excluding carboxylic acids is 1. The maximum absolute atomic E-state index is 11.0. The lowest BCUT2D eigenvalue weighted by atomic mass is 10.1. The summed E-state index contributed by atoms with van der Waals surface area (Å²) in [6.07, 6.45) is 3.53. The van der Waals surface area contributed by atoms with Crippen molar-refractivity contribution in [2.75, 3.05) is 0 Å². The van der Waals surface area contributed by atoms with Crippen LogP contribution in [0.25, 0.3) is 11.1 Å². The largest absolute Gasteiger partial charge is 0.293 e. The molecule has 0 saturated carbocycles. The minimum Gasteiger partial charge on any atom is -0.293 e. The second kappa shape index (κ2) is 4.59. The van der Waals surface area contributed by atoms with E-state index < -0.39 is 0 Å². The molecule has 5 heteroatoms. The summed E-state index contributed by atoms with van der Waals surface area (Å²) in [5.74, 6) is 4.72. The number of rotatable bonds is 3. The number of nitrogens with one attached hydrogen (secondary N) is 1. The van der Waals surface area contributed by atoms with Crippen LogP contribution >= 0.6 is 0 Å². The molecule has 0 radical (unpaired) electrons. The van der Waals surface area contributed by atoms with Crippen molar-refractivity contribution in [2.24, 2.45) is 5.84 Å². The molecule has 0 fully saturated rings. The van der Waals surface area contributed by atoms with Gasteiger partial charge in [-0.1, -0.05) is 30.3 Å². The molecule has 1 aromatic carbocycles. The summed E-state index contributed by atoms with van der Waals surface area (Å²) in [7, 11) is 0. The molecule has 2 rings (SSSR count). The van der Waals surface area contributed by atoms with Crippen LogP contribution < -0.4 is 11.3 Å². The van der Waals surface area contributed by atoms with Gasteiger partial charge in [0.05, 0.1) is 6.20 Å². The zero-order valence-corrected chi connectivity index (χ0v) is 8.63. The Morgan fingerprint density at radius 2 is 2.06 bits per heavy atom. The lowest BCUT2D eigenvalue weighted by Crippen LogP contribution is -2.33. The summed E-state index contributed by atoms with van der Waals surface area (Å²) in [5, 5.41) is 4.08. The van der Waals surface area contributed by atoms with Gasteiger partial charge in [-0.15, -0.1) is 0 Å². The van der Waals surface area contributed by atoms with Crippen LogP contribution in [0.3, 0.4) is 0 Å². The van der Waals surface area contributed by atoms with E-state index in [9.17, 15) is 4.79 Å². The molecule has 0 spiro atoms. The first-order valence-corrected chi connectivity index (χ1v) is 4.87. The molecule has 0 aliphatic rings. The molecule has 5 nitrogen and oxygen atoms in total. The number of benzene rings is 1. The minimum absolute atomic E-state index is 0.128. The van der Waals surface area contributed by atoms with Crippen LogP contribution in [0.5, 0.6) is 0 Å². The van der Waals surface area contributed by atoms with Crippen molar-refractivity contribution in [3.8, 4) is 11.1 Å². The zero-order chi connectivity index (χ0) is 11.4. The van der Waals surface area contributed by atoms with E-state index in [-0.39, 0.29) is 12.5 Å². The topological polar surface area (TPSA) is 72.9 Å². The first-order chi connectivity index (χ1) is 7.79. The average Bonchev–Trinajstić information content (AvgIpc) is 2.78. The third-order valence-corrected chi connectivity index (χ3v) is 2.21. The average molecular weight is 216 g/mol. The first-order valence-electron chi connectivity index (χ1n) is 4.87. The van der Waals surface area contributed by atoms with E-state index in [0.29, 0.717) is 0 Å². The number of carbonyl (C=O) groups is 1. The SMILES string of the molecule is NNC(=O)Cn1cc(-c2ccccc2)cn1. The highest BCUT2D eigenvalue weighted by atomic mass is 16.2. The number of hydrogen-bond donors (Lipinski definition) is 2. The summed E-state index contributed by atoms with van der Waals surface area (Å²) < 4.78 is 1.55. The maximum Gasteiger partial charge on any atom is 0.255 e. The molecule has 1 heterocycles. The van der Waals surface area contributed by atoms with Crippen LogP contribution in [-0.2, 0) is 11.3 Å². The quantitative estimate of drug-likeness (QED) is 0.447. The van der Waals surface area contributed by atoms with Crippen LogP contribution in [0.2, 0.25) is 0 Å². The van der Waals surface area contributed by atoms with E-state index in [1.54, 1.807) is 10.9 Å². The smallest absolute Gasteiger partial charge is 0.255 e. The van der Waals surface area contributed by atoms with Crippen molar-refractivity contribution in [2.45, 2.75) is 6.54 Å². The lowest BCUT2D eigenvalue weighted by Gasteiger charge is -1.98. The third kappa shape index (κ3) is 2.26. The van der Waals surface area contributed by atoms with E-state index in [4.69, 9.17) is 5.84 Å². The van der Waals surface area contributed by atoms with Crippen LogP contribution in [0.4, 0.5) is 0 Å². The summed E-state index contributed by atoms with van der Waals surface area (Å²) in [6.45, 7) is 0.128. The van der Waals surface area contributed by atoms with Gasteiger partial charge in [0.1, 0.15) is 6.54 Å². The molecular weight excluding hydrogens is 204 g/mol. The molecule has 0 unspecified atom stereocenters. The van der Waals surface area contributed by atoms with E-state index in [1.165, 1.54) is 0 Å². The molecule has 0 atom stereocenters. The van der Waals surface area contributed by atoms with E-state index in [1.807, 2.05) is 36.5 Å². The zero-order valence-electron chi connectivity index (χ0n) is 8.63. The predicted molar refractivity (Wildman–Crippen MR) is 60.0 cm³/mol. The number of amides is 1. The summed E-state index contributed by atoms with van der Waals surface area (Å²) in [4.78, 5) is 11.0. The van der Waals surface area contributed by atoms with E-state index >= 15 is 0 Å². The van der Waals surface area contributed by atoms with Gasteiger partial charge >= 0.3 is 0 Å². The van der Waals surface area contributed by atoms with Gasteiger partial charge in [0.2, 0.25) is 0 Å². The van der Waals surface area contributed by atoms with Gasteiger partial charge in [0.15, 0.2) is 0 Å². The molecule has 0 saturated heterocycles. The highest BCUT2D eigenvalue weighted by Crippen LogP contribution is 2.17. The Balaban J connectivity index is 2.17. The Hall–Kier alpha value is -2.14. The minimum atomic E-state index is -0.275. The Kier molecular flexibility index (Phi) is 2.98. The third-order valence-electron chi connectivity index (χ3n) is 2.21. The van der Waals surface area contributed by atoms with Gasteiger partial charge in [-0.05, 0) is 5.56 Å². The van der Waals surface area contributed by atoms with Crippen molar-refractivity contribution in [1.82, 2.24) is 15.2 Å². The summed E-state index contributed by atoms with van der Waals surface area (Å²) in [6, 6.07) is 9.85. The van der Waals surface area contributed by atoms with E-state index in [0.717, 1.165) is 11.1 Å². The molecule has 3 N–H and O–H groups in total. The first kappa shape index (κ1) is 10.4. The van der Waals surface area contributed by atoms with Crippen LogP contribution in [0, 0.1) is 0 Å². The lowest BCUT2D eigenvalue weighted by molar-refractivity contribution is -0.121. The van der Waals surface area contributed by atoms with Crippen molar-refractivity contribution in [1.29, 1.82) is 0 Å². The number of hydrogen-bond acceptors (Lipinski definition) is 3. The molecule has 2 aromatic rings. The maximum atomic E-state index is 11.0. The standard InChI is InChI=1S/C11H12N4O/c12-14-11(16)8-15-7-10(6-13-15)9-4-2-1-3-5-9/h1-7H,8,12H2,(H,14,16). The molecule has 1 amide bonds. The molecule has 82 valence electrons. The molecule has 16 heavy (non-hydrogen) atoms. The van der Waals surface area contributed by atoms with Crippen molar-refractivity contribution < 1.29 is 4.79 Å². The van der Waals surface area contributed by atoms with Gasteiger partial charge in [-0.2, -0.15) is 5.10 Å². The van der Waals surface area contributed by atoms with Crippen molar-refractivity contribution in [3.63, 3.8) is 0 Å². The number of nitrogens with two attached hydrogens (primary N) is 1. The van der Waals surface area contributed by atoms with Gasteiger partial charge in [0, 0.05) is 11.8 Å². The van der Waals surface area contributed by atoms with Crippen LogP contribution in [0.1, 0.15) is 0 Å². The predicted octanol–water partition coefficient (Wildman–Crippen LogP) is 0.540. The highest BCUT2D eigenvalue weighted by Gasteiger charge is 2.04.